The summed E-state index contributed by atoms with van der Waals surface area (Å²) in [5.41, 5.74) is -0.114. The predicted molar refractivity (Wildman–Crippen MR) is 70.7 cm³/mol. The molecule has 0 aromatic heterocycles. The van der Waals surface area contributed by atoms with E-state index in [0.717, 1.165) is 25.3 Å². The fraction of sp³-hybridized carbons (Fsp3) is 1.00. The number of aliphatic hydroxyl groups is 1. The van der Waals surface area contributed by atoms with Crippen molar-refractivity contribution < 1.29 is 5.11 Å². The standard InChI is InChI=1S/C13H30N2O/c1-6-12(2)10-15(5)9-7-8-13(3,11-16)14-4/h12,14,16H,6-11H2,1-5H3. The van der Waals surface area contributed by atoms with Crippen LogP contribution in [0.5, 0.6) is 0 Å². The Bertz CT molecular complexity index is 169. The van der Waals surface area contributed by atoms with Gasteiger partial charge in [-0.3, -0.25) is 0 Å². The lowest BCUT2D eigenvalue weighted by molar-refractivity contribution is 0.165. The van der Waals surface area contributed by atoms with Gasteiger partial charge in [-0.25, -0.2) is 0 Å². The molecule has 0 aromatic rings. The second-order valence-corrected chi connectivity index (χ2v) is 5.35. The van der Waals surface area contributed by atoms with Gasteiger partial charge in [0.1, 0.15) is 0 Å². The van der Waals surface area contributed by atoms with Gasteiger partial charge in [0.25, 0.3) is 0 Å². The molecule has 0 rings (SSSR count). The van der Waals surface area contributed by atoms with Crippen molar-refractivity contribution in [3.8, 4) is 0 Å². The van der Waals surface area contributed by atoms with Crippen molar-refractivity contribution in [2.45, 2.75) is 45.6 Å². The quantitative estimate of drug-likeness (QED) is 0.633. The first-order valence-electron chi connectivity index (χ1n) is 6.45. The van der Waals surface area contributed by atoms with Crippen LogP contribution in [-0.4, -0.2) is 49.3 Å². The van der Waals surface area contributed by atoms with E-state index in [1.54, 1.807) is 0 Å². The Balaban J connectivity index is 3.72. The van der Waals surface area contributed by atoms with Gasteiger partial charge < -0.3 is 15.3 Å². The summed E-state index contributed by atoms with van der Waals surface area (Å²) >= 11 is 0. The van der Waals surface area contributed by atoms with E-state index in [-0.39, 0.29) is 12.1 Å². The number of aliphatic hydroxyl groups excluding tert-OH is 1. The van der Waals surface area contributed by atoms with Crippen LogP contribution in [0.15, 0.2) is 0 Å². The van der Waals surface area contributed by atoms with Crippen LogP contribution in [-0.2, 0) is 0 Å². The topological polar surface area (TPSA) is 35.5 Å². The summed E-state index contributed by atoms with van der Waals surface area (Å²) in [5, 5.41) is 12.4. The maximum absolute atomic E-state index is 9.26. The Kier molecular flexibility index (Phi) is 7.98. The zero-order valence-electron chi connectivity index (χ0n) is 11.7. The summed E-state index contributed by atoms with van der Waals surface area (Å²) in [6.45, 7) is 9.10. The van der Waals surface area contributed by atoms with Crippen LogP contribution in [0.1, 0.15) is 40.0 Å². The molecule has 2 N–H and O–H groups in total. The molecule has 0 bridgehead atoms. The number of nitrogens with zero attached hydrogens (tertiary/aromatic N) is 1. The van der Waals surface area contributed by atoms with Gasteiger partial charge in [0.2, 0.25) is 0 Å². The third-order valence-electron chi connectivity index (χ3n) is 3.54. The van der Waals surface area contributed by atoms with E-state index in [9.17, 15) is 5.11 Å². The maximum atomic E-state index is 9.26. The molecule has 0 saturated heterocycles. The molecule has 3 heteroatoms. The first-order chi connectivity index (χ1) is 7.47. The molecule has 98 valence electrons. The Morgan fingerprint density at radius 1 is 1.44 bits per heavy atom. The molecule has 0 heterocycles. The van der Waals surface area contributed by atoms with Gasteiger partial charge >= 0.3 is 0 Å². The average Bonchev–Trinajstić information content (AvgIpc) is 2.28. The maximum Gasteiger partial charge on any atom is 0.0610 e. The molecule has 3 nitrogen and oxygen atoms in total. The molecule has 0 aliphatic rings. The van der Waals surface area contributed by atoms with E-state index in [2.05, 4.69) is 38.0 Å². The highest BCUT2D eigenvalue weighted by Crippen LogP contribution is 2.11. The molecule has 0 aromatic carbocycles. The van der Waals surface area contributed by atoms with Crippen LogP contribution in [0.2, 0.25) is 0 Å². The number of likely N-dealkylation sites (N-methyl/N-ethyl adjacent to an activating group) is 1. The minimum absolute atomic E-state index is 0.114. The summed E-state index contributed by atoms with van der Waals surface area (Å²) in [4.78, 5) is 2.39. The number of hydrogen-bond donors (Lipinski definition) is 2. The summed E-state index contributed by atoms with van der Waals surface area (Å²) in [6, 6.07) is 0. The van der Waals surface area contributed by atoms with Crippen LogP contribution in [0.4, 0.5) is 0 Å². The van der Waals surface area contributed by atoms with Crippen LogP contribution >= 0.6 is 0 Å². The number of hydrogen-bond acceptors (Lipinski definition) is 3. The third-order valence-corrected chi connectivity index (χ3v) is 3.54. The third kappa shape index (κ3) is 6.46. The van der Waals surface area contributed by atoms with E-state index in [1.165, 1.54) is 13.0 Å². The normalized spacial score (nSPS) is 17.4. The second kappa shape index (κ2) is 8.04. The minimum atomic E-state index is -0.114. The predicted octanol–water partition coefficient (Wildman–Crippen LogP) is 1.71. The van der Waals surface area contributed by atoms with E-state index >= 15 is 0 Å². The van der Waals surface area contributed by atoms with Gasteiger partial charge in [-0.05, 0) is 46.3 Å². The van der Waals surface area contributed by atoms with Crippen LogP contribution in [0.25, 0.3) is 0 Å². The van der Waals surface area contributed by atoms with Crippen molar-refractivity contribution in [3.63, 3.8) is 0 Å². The zero-order chi connectivity index (χ0) is 12.6. The Labute approximate surface area is 101 Å². The van der Waals surface area contributed by atoms with Gasteiger partial charge in [0, 0.05) is 12.1 Å². The summed E-state index contributed by atoms with van der Waals surface area (Å²) in [6.07, 6.45) is 3.39. The fourth-order valence-corrected chi connectivity index (χ4v) is 1.77. The molecular formula is C13H30N2O. The Hall–Kier alpha value is -0.120. The lowest BCUT2D eigenvalue weighted by Crippen LogP contribution is -2.43. The van der Waals surface area contributed by atoms with Gasteiger partial charge in [-0.15, -0.1) is 0 Å². The molecule has 2 atom stereocenters. The molecule has 0 radical (unpaired) electrons. The molecule has 2 unspecified atom stereocenters. The highest BCUT2D eigenvalue weighted by atomic mass is 16.3. The van der Waals surface area contributed by atoms with Gasteiger partial charge in [0.15, 0.2) is 0 Å². The minimum Gasteiger partial charge on any atom is -0.394 e. The summed E-state index contributed by atoms with van der Waals surface area (Å²) < 4.78 is 0. The first-order valence-corrected chi connectivity index (χ1v) is 6.45. The summed E-state index contributed by atoms with van der Waals surface area (Å²) in [5.74, 6) is 0.776. The Morgan fingerprint density at radius 2 is 2.06 bits per heavy atom. The SMILES string of the molecule is CCC(C)CN(C)CCCC(C)(CO)NC. The van der Waals surface area contributed by atoms with E-state index in [0.29, 0.717) is 0 Å². The molecule has 0 amide bonds. The van der Waals surface area contributed by atoms with Crippen LogP contribution < -0.4 is 5.32 Å². The monoisotopic (exact) mass is 230 g/mol. The molecular weight excluding hydrogens is 200 g/mol. The first kappa shape index (κ1) is 15.9. The lowest BCUT2D eigenvalue weighted by atomic mass is 9.97. The van der Waals surface area contributed by atoms with Crippen LogP contribution in [0.3, 0.4) is 0 Å². The van der Waals surface area contributed by atoms with Gasteiger partial charge in [0.05, 0.1) is 6.61 Å². The van der Waals surface area contributed by atoms with E-state index in [1.807, 2.05) is 7.05 Å². The van der Waals surface area contributed by atoms with Crippen LogP contribution in [0, 0.1) is 5.92 Å². The molecule has 0 fully saturated rings. The van der Waals surface area contributed by atoms with Crippen molar-refractivity contribution in [2.24, 2.45) is 5.92 Å². The van der Waals surface area contributed by atoms with E-state index < -0.39 is 0 Å². The second-order valence-electron chi connectivity index (χ2n) is 5.35. The van der Waals surface area contributed by atoms with Gasteiger partial charge in [-0.1, -0.05) is 20.3 Å². The van der Waals surface area contributed by atoms with Crippen molar-refractivity contribution >= 4 is 0 Å². The zero-order valence-corrected chi connectivity index (χ0v) is 11.7. The fourth-order valence-electron chi connectivity index (χ4n) is 1.77. The molecule has 0 spiro atoms. The molecule has 0 aliphatic carbocycles. The van der Waals surface area contributed by atoms with Gasteiger partial charge in [-0.2, -0.15) is 0 Å². The molecule has 16 heavy (non-hydrogen) atoms. The highest BCUT2D eigenvalue weighted by Gasteiger charge is 2.20. The smallest absolute Gasteiger partial charge is 0.0610 e. The number of rotatable bonds is 9. The molecule has 0 aliphatic heterocycles. The van der Waals surface area contributed by atoms with Crippen molar-refractivity contribution in [3.05, 3.63) is 0 Å². The summed E-state index contributed by atoms with van der Waals surface area (Å²) in [7, 11) is 4.10. The van der Waals surface area contributed by atoms with Crippen molar-refractivity contribution in [1.29, 1.82) is 0 Å². The largest absolute Gasteiger partial charge is 0.394 e. The Morgan fingerprint density at radius 3 is 2.50 bits per heavy atom. The molecule has 0 saturated carbocycles. The van der Waals surface area contributed by atoms with Crippen molar-refractivity contribution in [2.75, 3.05) is 33.8 Å². The highest BCUT2D eigenvalue weighted by molar-refractivity contribution is 4.80. The van der Waals surface area contributed by atoms with Crippen molar-refractivity contribution in [1.82, 2.24) is 10.2 Å². The average molecular weight is 230 g/mol. The number of nitrogens with one attached hydrogen (secondary N) is 1. The lowest BCUT2D eigenvalue weighted by Gasteiger charge is -2.28. The van der Waals surface area contributed by atoms with E-state index in [4.69, 9.17) is 0 Å².